The molecule has 2 aliphatic rings. The summed E-state index contributed by atoms with van der Waals surface area (Å²) in [6.45, 7) is 0.897. The third-order valence-electron chi connectivity index (χ3n) is 3.43. The van der Waals surface area contributed by atoms with E-state index >= 15 is 0 Å². The summed E-state index contributed by atoms with van der Waals surface area (Å²) < 4.78 is 27.1. The molecule has 1 aromatic heterocycles. The van der Waals surface area contributed by atoms with Crippen LogP contribution >= 0.6 is 22.9 Å². The number of halogens is 1. The van der Waals surface area contributed by atoms with Gasteiger partial charge in [0.2, 0.25) is 0 Å². The molecule has 8 heteroatoms. The van der Waals surface area contributed by atoms with Gasteiger partial charge in [0.25, 0.3) is 10.0 Å². The van der Waals surface area contributed by atoms with E-state index in [4.69, 9.17) is 16.4 Å². The molecule has 0 aliphatic carbocycles. The predicted molar refractivity (Wildman–Crippen MR) is 73.4 cm³/mol. The number of nitrogens with one attached hydrogen (secondary N) is 1. The predicted octanol–water partition coefficient (Wildman–Crippen LogP) is 1.97. The molecule has 0 bridgehead atoms. The van der Waals surface area contributed by atoms with Gasteiger partial charge in [0.05, 0.1) is 4.34 Å². The number of sulfonamides is 1. The fourth-order valence-corrected chi connectivity index (χ4v) is 5.39. The maximum atomic E-state index is 12.4. The molecule has 0 radical (unpaired) electrons. The summed E-state index contributed by atoms with van der Waals surface area (Å²) in [7, 11) is -3.42. The summed E-state index contributed by atoms with van der Waals surface area (Å²) in [6.07, 6.45) is 5.01. The molecule has 1 fully saturated rings. The van der Waals surface area contributed by atoms with Gasteiger partial charge in [-0.3, -0.25) is 10.3 Å². The van der Waals surface area contributed by atoms with Crippen molar-refractivity contribution in [2.45, 2.75) is 22.7 Å². The second-order valence-electron chi connectivity index (χ2n) is 4.58. The number of hydroxylamine groups is 1. The highest BCUT2D eigenvalue weighted by Gasteiger charge is 2.40. The highest BCUT2D eigenvalue weighted by atomic mass is 35.5. The highest BCUT2D eigenvalue weighted by Crippen LogP contribution is 2.34. The minimum Gasteiger partial charge on any atom is -0.274 e. The molecule has 1 saturated heterocycles. The molecule has 104 valence electrons. The lowest BCUT2D eigenvalue weighted by molar-refractivity contribution is -0.0625. The van der Waals surface area contributed by atoms with Crippen LogP contribution in [0.4, 0.5) is 0 Å². The topological polar surface area (TPSA) is 58.6 Å². The maximum Gasteiger partial charge on any atom is 0.252 e. The Kier molecular flexibility index (Phi) is 3.34. The van der Waals surface area contributed by atoms with Crippen LogP contribution in [-0.2, 0) is 14.9 Å². The van der Waals surface area contributed by atoms with Crippen LogP contribution in [0.25, 0.3) is 0 Å². The molecule has 0 aromatic carbocycles. The summed E-state index contributed by atoms with van der Waals surface area (Å²) in [5.74, 6) is 0. The highest BCUT2D eigenvalue weighted by molar-refractivity contribution is 7.91. The Morgan fingerprint density at radius 2 is 2.11 bits per heavy atom. The smallest absolute Gasteiger partial charge is 0.252 e. The van der Waals surface area contributed by atoms with Gasteiger partial charge in [0, 0.05) is 19.3 Å². The summed E-state index contributed by atoms with van der Waals surface area (Å²) in [6, 6.07) is 3.16. The molecule has 19 heavy (non-hydrogen) atoms. The van der Waals surface area contributed by atoms with Gasteiger partial charge >= 0.3 is 0 Å². The van der Waals surface area contributed by atoms with E-state index in [1.165, 1.54) is 4.31 Å². The quantitative estimate of drug-likeness (QED) is 0.905. The van der Waals surface area contributed by atoms with E-state index < -0.39 is 10.0 Å². The SMILES string of the molecule is O=S(=O)(c1ccc(Cl)s1)N1CCC2(C=CNO2)CC1. The molecular weight excluding hydrogens is 308 g/mol. The third kappa shape index (κ3) is 2.41. The van der Waals surface area contributed by atoms with Crippen molar-refractivity contribution >= 4 is 33.0 Å². The standard InChI is InChI=1S/C11H13ClN2O3S2/c12-9-1-2-10(18-9)19(15,16)14-7-4-11(5-8-14)3-6-13-17-11/h1-3,6,13H,4-5,7-8H2. The van der Waals surface area contributed by atoms with Gasteiger partial charge in [0.15, 0.2) is 0 Å². The number of nitrogens with zero attached hydrogens (tertiary/aromatic N) is 1. The Morgan fingerprint density at radius 3 is 2.63 bits per heavy atom. The molecule has 0 saturated carbocycles. The van der Waals surface area contributed by atoms with Crippen LogP contribution in [0.1, 0.15) is 12.8 Å². The van der Waals surface area contributed by atoms with Crippen molar-refractivity contribution in [3.63, 3.8) is 0 Å². The van der Waals surface area contributed by atoms with Gasteiger partial charge in [-0.25, -0.2) is 8.42 Å². The minimum absolute atomic E-state index is 0.300. The molecule has 0 amide bonds. The van der Waals surface area contributed by atoms with E-state index in [1.54, 1.807) is 18.3 Å². The first kappa shape index (κ1) is 13.4. The van der Waals surface area contributed by atoms with E-state index in [-0.39, 0.29) is 5.60 Å². The number of hydrogen-bond acceptors (Lipinski definition) is 5. The average molecular weight is 321 g/mol. The zero-order chi connectivity index (χ0) is 13.5. The monoisotopic (exact) mass is 320 g/mol. The maximum absolute atomic E-state index is 12.4. The van der Waals surface area contributed by atoms with Crippen molar-refractivity contribution < 1.29 is 13.3 Å². The molecule has 0 atom stereocenters. The number of hydrogen-bond donors (Lipinski definition) is 1. The Balaban J connectivity index is 1.76. The fourth-order valence-electron chi connectivity index (χ4n) is 2.31. The zero-order valence-electron chi connectivity index (χ0n) is 10.0. The number of thiophene rings is 1. The van der Waals surface area contributed by atoms with Crippen molar-refractivity contribution in [3.8, 4) is 0 Å². The number of piperidine rings is 1. The molecule has 1 spiro atoms. The molecule has 3 heterocycles. The molecular formula is C11H13ClN2O3S2. The van der Waals surface area contributed by atoms with Gasteiger partial charge in [-0.1, -0.05) is 11.6 Å². The molecule has 3 rings (SSSR count). The van der Waals surface area contributed by atoms with Crippen LogP contribution in [0.2, 0.25) is 4.34 Å². The van der Waals surface area contributed by atoms with E-state index in [0.717, 1.165) is 11.3 Å². The van der Waals surface area contributed by atoms with Gasteiger partial charge < -0.3 is 0 Å². The van der Waals surface area contributed by atoms with Gasteiger partial charge in [-0.2, -0.15) is 4.31 Å². The third-order valence-corrected chi connectivity index (χ3v) is 7.03. The lowest BCUT2D eigenvalue weighted by Crippen LogP contribution is -2.46. The van der Waals surface area contributed by atoms with Crippen molar-refractivity contribution in [2.24, 2.45) is 0 Å². The first-order valence-electron chi connectivity index (χ1n) is 5.89. The lowest BCUT2D eigenvalue weighted by atomic mass is 9.93. The summed E-state index contributed by atoms with van der Waals surface area (Å²) in [4.78, 5) is 5.45. The number of rotatable bonds is 2. The molecule has 0 unspecified atom stereocenters. The van der Waals surface area contributed by atoms with Crippen molar-refractivity contribution in [2.75, 3.05) is 13.1 Å². The van der Waals surface area contributed by atoms with E-state index in [2.05, 4.69) is 5.48 Å². The fraction of sp³-hybridized carbons (Fsp3) is 0.455. The first-order chi connectivity index (χ1) is 9.02. The lowest BCUT2D eigenvalue weighted by Gasteiger charge is -2.35. The Labute approximate surface area is 120 Å². The molecule has 2 aliphatic heterocycles. The van der Waals surface area contributed by atoms with Crippen molar-refractivity contribution in [1.29, 1.82) is 0 Å². The first-order valence-corrected chi connectivity index (χ1v) is 8.52. The summed E-state index contributed by atoms with van der Waals surface area (Å²) in [5, 5.41) is 0. The van der Waals surface area contributed by atoms with Crippen LogP contribution in [0, 0.1) is 0 Å². The van der Waals surface area contributed by atoms with Crippen LogP contribution < -0.4 is 5.48 Å². The van der Waals surface area contributed by atoms with Crippen LogP contribution in [0.3, 0.4) is 0 Å². The van der Waals surface area contributed by atoms with Crippen LogP contribution in [0.5, 0.6) is 0 Å². The Morgan fingerprint density at radius 1 is 1.37 bits per heavy atom. The Hall–Kier alpha value is -0.600. The normalized spacial score (nSPS) is 22.8. The largest absolute Gasteiger partial charge is 0.274 e. The minimum atomic E-state index is -3.42. The summed E-state index contributed by atoms with van der Waals surface area (Å²) in [5.41, 5.74) is 2.36. The van der Waals surface area contributed by atoms with Crippen LogP contribution in [-0.4, -0.2) is 31.4 Å². The van der Waals surface area contributed by atoms with Crippen molar-refractivity contribution in [1.82, 2.24) is 9.79 Å². The Bertz CT molecular complexity index is 603. The second kappa shape index (κ2) is 4.75. The summed E-state index contributed by atoms with van der Waals surface area (Å²) >= 11 is 6.89. The average Bonchev–Trinajstić information content (AvgIpc) is 3.00. The van der Waals surface area contributed by atoms with E-state index in [9.17, 15) is 8.42 Å². The second-order valence-corrected chi connectivity index (χ2v) is 8.46. The van der Waals surface area contributed by atoms with Gasteiger partial charge in [-0.05, 0) is 31.1 Å². The zero-order valence-corrected chi connectivity index (χ0v) is 12.4. The molecule has 5 nitrogen and oxygen atoms in total. The van der Waals surface area contributed by atoms with Crippen LogP contribution in [0.15, 0.2) is 28.6 Å². The van der Waals surface area contributed by atoms with E-state index in [1.807, 2.05) is 6.08 Å². The molecule has 1 N–H and O–H groups in total. The van der Waals surface area contributed by atoms with E-state index in [0.29, 0.717) is 34.5 Å². The van der Waals surface area contributed by atoms with Gasteiger partial charge in [0.1, 0.15) is 9.81 Å². The molecule has 1 aromatic rings. The van der Waals surface area contributed by atoms with Gasteiger partial charge in [-0.15, -0.1) is 11.3 Å². The van der Waals surface area contributed by atoms with Crippen molar-refractivity contribution in [3.05, 3.63) is 28.7 Å².